The fourth-order valence-corrected chi connectivity index (χ4v) is 8.90. The molecule has 0 saturated heterocycles. The molecular formula is C46H41N5O8S. The Kier molecular flexibility index (Phi) is 10.2. The Morgan fingerprint density at radius 3 is 1.95 bits per heavy atom. The summed E-state index contributed by atoms with van der Waals surface area (Å²) in [5.74, 6) is 1.33. The minimum Gasteiger partial charge on any atom is -0.493 e. The van der Waals surface area contributed by atoms with Gasteiger partial charge in [0.15, 0.2) is 32.8 Å². The van der Waals surface area contributed by atoms with Gasteiger partial charge in [0.1, 0.15) is 13.2 Å². The molecule has 0 spiro atoms. The number of sulfone groups is 1. The van der Waals surface area contributed by atoms with E-state index in [9.17, 15) is 18.0 Å². The Morgan fingerprint density at radius 2 is 1.32 bits per heavy atom. The van der Waals surface area contributed by atoms with Gasteiger partial charge in [0.05, 0.1) is 70.8 Å². The molecule has 1 aromatic heterocycles. The van der Waals surface area contributed by atoms with Gasteiger partial charge < -0.3 is 23.8 Å². The Bertz CT molecular complexity index is 2750. The number of anilines is 1. The molecule has 60 heavy (non-hydrogen) atoms. The number of aromatic nitrogens is 1. The molecule has 0 saturated carbocycles. The second-order valence-corrected chi connectivity index (χ2v) is 17.0. The molecule has 0 radical (unpaired) electrons. The number of nitrogens with zero attached hydrogens (tertiary/aromatic N) is 5. The number of aliphatic imine (C=N–C) groups is 2. The maximum Gasteiger partial charge on any atom is 0.261 e. The lowest BCUT2D eigenvalue weighted by Crippen LogP contribution is -2.43. The first-order valence-corrected chi connectivity index (χ1v) is 21.3. The fraction of sp³-hybridized carbons (Fsp3) is 0.239. The van der Waals surface area contributed by atoms with Crippen molar-refractivity contribution in [1.82, 2.24) is 9.88 Å². The van der Waals surface area contributed by atoms with Gasteiger partial charge >= 0.3 is 0 Å². The topological polar surface area (TPSA) is 149 Å². The van der Waals surface area contributed by atoms with Crippen LogP contribution in [0.3, 0.4) is 0 Å². The Labute approximate surface area is 347 Å². The summed E-state index contributed by atoms with van der Waals surface area (Å²) in [4.78, 5) is 45.7. The fourth-order valence-electron chi connectivity index (χ4n) is 8.01. The second-order valence-electron chi connectivity index (χ2n) is 14.8. The second kappa shape index (κ2) is 15.8. The van der Waals surface area contributed by atoms with Crippen LogP contribution in [0, 0.1) is 0 Å². The molecule has 4 aliphatic heterocycles. The number of para-hydroxylation sites is 1. The van der Waals surface area contributed by atoms with Gasteiger partial charge in [0, 0.05) is 43.2 Å². The summed E-state index contributed by atoms with van der Waals surface area (Å²) in [6, 6.07) is 26.6. The van der Waals surface area contributed by atoms with Crippen molar-refractivity contribution in [2.45, 2.75) is 50.0 Å². The number of rotatable bonds is 11. The molecule has 304 valence electrons. The molecule has 2 atom stereocenters. The average Bonchev–Trinajstić information content (AvgIpc) is 3.53. The summed E-state index contributed by atoms with van der Waals surface area (Å²) in [6.07, 6.45) is 6.82. The first-order chi connectivity index (χ1) is 29.1. The first-order valence-electron chi connectivity index (χ1n) is 19.6. The van der Waals surface area contributed by atoms with Gasteiger partial charge in [0.25, 0.3) is 11.8 Å². The standard InChI is InChI=1S/C46H41N5O8S/c1-4-60(54,55)35-14-12-28(13-15-35)29-16-17-50-33(18-29)24-47-38-22-43(41(56-2)20-36(38)45(50)52)58-26-31-9-7-10-32(49-31)27-59-44-23-39-37(21-42(44)57-3)46(53)51-34(25-48-39)19-30-8-5-6-11-40(30)51/h5-16,20-25,33-34H,4,17-19,26-27H2,1-3H3/t33-,34-/m0/s1. The van der Waals surface area contributed by atoms with Gasteiger partial charge in [0.2, 0.25) is 0 Å². The van der Waals surface area contributed by atoms with E-state index in [2.05, 4.69) is 0 Å². The minimum absolute atomic E-state index is 0.0365. The normalized spacial score (nSPS) is 17.7. The van der Waals surface area contributed by atoms with Gasteiger partial charge in [-0.2, -0.15) is 0 Å². The van der Waals surface area contributed by atoms with Crippen LogP contribution in [-0.4, -0.2) is 81.1 Å². The zero-order valence-electron chi connectivity index (χ0n) is 33.2. The molecule has 4 aliphatic rings. The molecule has 0 N–H and O–H groups in total. The van der Waals surface area contributed by atoms with Crippen LogP contribution in [0.25, 0.3) is 5.57 Å². The van der Waals surface area contributed by atoms with Crippen LogP contribution in [0.15, 0.2) is 112 Å². The molecule has 5 aromatic rings. The molecule has 9 rings (SSSR count). The number of fused-ring (bicyclic) bond motifs is 6. The number of hydrogen-bond acceptors (Lipinski definition) is 11. The van der Waals surface area contributed by atoms with E-state index in [1.165, 1.54) is 14.2 Å². The zero-order chi connectivity index (χ0) is 41.5. The third-order valence-corrected chi connectivity index (χ3v) is 13.0. The molecular weight excluding hydrogens is 783 g/mol. The first kappa shape index (κ1) is 38.7. The smallest absolute Gasteiger partial charge is 0.261 e. The van der Waals surface area contributed by atoms with Crippen LogP contribution in [0.5, 0.6) is 23.0 Å². The maximum absolute atomic E-state index is 13.9. The highest BCUT2D eigenvalue weighted by Crippen LogP contribution is 2.42. The predicted octanol–water partition coefficient (Wildman–Crippen LogP) is 7.35. The third kappa shape index (κ3) is 7.16. The SMILES string of the molecule is CCS(=O)(=O)c1ccc(C2=CCN3C(=O)c4cc(OC)c(OCc5cccc(COc6cc7c(cc6OC)C(=O)N6c8ccccc8C[C@H]6C=N7)n5)cc4N=C[C@@H]3C2)cc1. The van der Waals surface area contributed by atoms with Crippen LogP contribution in [0.4, 0.5) is 17.1 Å². The van der Waals surface area contributed by atoms with Crippen molar-refractivity contribution in [3.8, 4) is 23.0 Å². The molecule has 2 amide bonds. The van der Waals surface area contributed by atoms with Crippen molar-refractivity contribution in [3.63, 3.8) is 0 Å². The van der Waals surface area contributed by atoms with Gasteiger partial charge in [-0.3, -0.25) is 29.5 Å². The number of ether oxygens (including phenoxy) is 4. The highest BCUT2D eigenvalue weighted by Gasteiger charge is 2.37. The van der Waals surface area contributed by atoms with Crippen LogP contribution in [0.1, 0.15) is 56.6 Å². The van der Waals surface area contributed by atoms with Crippen LogP contribution in [-0.2, 0) is 29.5 Å². The van der Waals surface area contributed by atoms with Crippen molar-refractivity contribution in [3.05, 3.63) is 131 Å². The highest BCUT2D eigenvalue weighted by molar-refractivity contribution is 7.91. The number of carbonyl (C=O) groups is 2. The van der Waals surface area contributed by atoms with E-state index in [0.29, 0.717) is 81.2 Å². The van der Waals surface area contributed by atoms with E-state index in [1.54, 1.807) is 59.3 Å². The molecule has 13 nitrogen and oxygen atoms in total. The maximum atomic E-state index is 13.9. The quantitative estimate of drug-likeness (QED) is 0.133. The average molecular weight is 824 g/mol. The summed E-state index contributed by atoms with van der Waals surface area (Å²) >= 11 is 0. The monoisotopic (exact) mass is 823 g/mol. The number of amides is 2. The summed E-state index contributed by atoms with van der Waals surface area (Å²) in [7, 11) is -0.251. The van der Waals surface area contributed by atoms with E-state index in [1.807, 2.05) is 66.9 Å². The van der Waals surface area contributed by atoms with Gasteiger partial charge in [-0.25, -0.2) is 8.42 Å². The van der Waals surface area contributed by atoms with Crippen LogP contribution < -0.4 is 23.8 Å². The van der Waals surface area contributed by atoms with Gasteiger partial charge in [-0.1, -0.05) is 49.4 Å². The molecule has 4 aromatic carbocycles. The Hall–Kier alpha value is -6.80. The number of benzene rings is 4. The predicted molar refractivity (Wildman–Crippen MR) is 228 cm³/mol. The Balaban J connectivity index is 0.877. The molecule has 0 bridgehead atoms. The van der Waals surface area contributed by atoms with Gasteiger partial charge in [-0.05, 0) is 65.6 Å². The number of methoxy groups -OCH3 is 2. The lowest BCUT2D eigenvalue weighted by atomic mass is 9.94. The van der Waals surface area contributed by atoms with Gasteiger partial charge in [-0.15, -0.1) is 0 Å². The lowest BCUT2D eigenvalue weighted by molar-refractivity contribution is 0.0747. The lowest BCUT2D eigenvalue weighted by Gasteiger charge is -2.32. The van der Waals surface area contributed by atoms with E-state index in [0.717, 1.165) is 22.4 Å². The molecule has 0 aliphatic carbocycles. The van der Waals surface area contributed by atoms with Crippen LogP contribution in [0.2, 0.25) is 0 Å². The molecule has 14 heteroatoms. The van der Waals surface area contributed by atoms with Crippen molar-refractivity contribution in [1.29, 1.82) is 0 Å². The van der Waals surface area contributed by atoms with E-state index < -0.39 is 9.84 Å². The number of carbonyl (C=O) groups excluding carboxylic acids is 2. The number of hydrogen-bond donors (Lipinski definition) is 0. The third-order valence-electron chi connectivity index (χ3n) is 11.2. The van der Waals surface area contributed by atoms with Crippen molar-refractivity contribution < 1.29 is 37.0 Å². The Morgan fingerprint density at radius 1 is 0.700 bits per heavy atom. The van der Waals surface area contributed by atoms with Crippen LogP contribution >= 0.6 is 0 Å². The summed E-state index contributed by atoms with van der Waals surface area (Å²) in [5.41, 5.74) is 6.99. The van der Waals surface area contributed by atoms with Crippen molar-refractivity contribution in [2.75, 3.05) is 31.4 Å². The largest absolute Gasteiger partial charge is 0.493 e. The molecule has 0 unspecified atom stereocenters. The molecule has 5 heterocycles. The highest BCUT2D eigenvalue weighted by atomic mass is 32.2. The summed E-state index contributed by atoms with van der Waals surface area (Å²) in [5, 5.41) is 0. The van der Waals surface area contributed by atoms with E-state index in [-0.39, 0.29) is 42.9 Å². The van der Waals surface area contributed by atoms with Crippen molar-refractivity contribution in [2.24, 2.45) is 9.98 Å². The summed E-state index contributed by atoms with van der Waals surface area (Å²) < 4.78 is 48.4. The zero-order valence-corrected chi connectivity index (χ0v) is 34.0. The van der Waals surface area contributed by atoms with E-state index in [4.69, 9.17) is 33.9 Å². The van der Waals surface area contributed by atoms with Crippen molar-refractivity contribution >= 4 is 56.7 Å². The minimum atomic E-state index is -3.30. The summed E-state index contributed by atoms with van der Waals surface area (Å²) in [6.45, 7) is 2.20. The molecule has 0 fully saturated rings. The van der Waals surface area contributed by atoms with E-state index >= 15 is 0 Å². The number of pyridine rings is 1.